The van der Waals surface area contributed by atoms with Crippen LogP contribution in [0.15, 0.2) is 0 Å². The topological polar surface area (TPSA) is 24.1 Å². The molecule has 0 aromatic carbocycles. The van der Waals surface area contributed by atoms with E-state index < -0.39 is 0 Å². The van der Waals surface area contributed by atoms with Crippen LogP contribution in [-0.2, 0) is 0 Å². The largest absolute Gasteiger partial charge is 0.363 e. The lowest BCUT2D eigenvalue weighted by atomic mass is 9.92. The maximum absolute atomic E-state index is 5.30. The van der Waals surface area contributed by atoms with Crippen LogP contribution in [0.5, 0.6) is 0 Å². The normalized spacial score (nSPS) is 18.2. The lowest BCUT2D eigenvalue weighted by Gasteiger charge is -2.25. The Labute approximate surface area is 106 Å². The van der Waals surface area contributed by atoms with Gasteiger partial charge in [-0.05, 0) is 36.9 Å². The van der Waals surface area contributed by atoms with E-state index in [9.17, 15) is 0 Å². The Balaban J connectivity index is 2.10. The van der Waals surface area contributed by atoms with Crippen molar-refractivity contribution >= 4 is 17.3 Å². The van der Waals surface area contributed by atoms with Crippen LogP contribution in [0, 0.1) is 5.41 Å². The minimum atomic E-state index is 0.382. The Kier molecular flexibility index (Phi) is 5.53. The molecule has 1 aliphatic carbocycles. The fraction of sp³-hybridized carbons (Fsp3) is 0.923. The fourth-order valence-corrected chi connectivity index (χ4v) is 2.30. The van der Waals surface area contributed by atoms with Gasteiger partial charge in [0, 0.05) is 12.6 Å². The van der Waals surface area contributed by atoms with Crippen molar-refractivity contribution in [1.29, 1.82) is 0 Å². The van der Waals surface area contributed by atoms with Gasteiger partial charge in [0.05, 0.1) is 0 Å². The van der Waals surface area contributed by atoms with E-state index in [-0.39, 0.29) is 0 Å². The second-order valence-electron chi connectivity index (χ2n) is 6.05. The van der Waals surface area contributed by atoms with Crippen molar-refractivity contribution in [2.45, 2.75) is 65.3 Å². The van der Waals surface area contributed by atoms with Crippen LogP contribution < -0.4 is 10.6 Å². The second-order valence-corrected chi connectivity index (χ2v) is 6.45. The smallest absolute Gasteiger partial charge is 0.166 e. The molecule has 0 spiro atoms. The zero-order valence-electron chi connectivity index (χ0n) is 10.9. The summed E-state index contributed by atoms with van der Waals surface area (Å²) in [5.74, 6) is 0. The van der Waals surface area contributed by atoms with Crippen molar-refractivity contribution in [3.05, 3.63) is 0 Å². The van der Waals surface area contributed by atoms with Crippen molar-refractivity contribution in [1.82, 2.24) is 10.6 Å². The standard InChI is InChI=1S/C13H26N2S/c1-13(2,3)9-10-14-12(16)15-11-7-5-4-6-8-11/h11H,4-10H2,1-3H3,(H2,14,15,16). The maximum atomic E-state index is 5.30. The molecule has 0 amide bonds. The van der Waals surface area contributed by atoms with E-state index in [1.165, 1.54) is 32.1 Å². The van der Waals surface area contributed by atoms with E-state index in [4.69, 9.17) is 12.2 Å². The van der Waals surface area contributed by atoms with Crippen LogP contribution in [0.3, 0.4) is 0 Å². The summed E-state index contributed by atoms with van der Waals surface area (Å²) >= 11 is 5.30. The monoisotopic (exact) mass is 242 g/mol. The van der Waals surface area contributed by atoms with Crippen LogP contribution in [0.1, 0.15) is 59.3 Å². The molecule has 0 saturated heterocycles. The third-order valence-corrected chi connectivity index (χ3v) is 3.36. The molecule has 16 heavy (non-hydrogen) atoms. The molecule has 0 aromatic rings. The number of hydrogen-bond donors (Lipinski definition) is 2. The van der Waals surface area contributed by atoms with Gasteiger partial charge < -0.3 is 10.6 Å². The van der Waals surface area contributed by atoms with Gasteiger partial charge in [-0.2, -0.15) is 0 Å². The molecule has 94 valence electrons. The predicted molar refractivity (Wildman–Crippen MR) is 74.7 cm³/mol. The predicted octanol–water partition coefficient (Wildman–Crippen LogP) is 3.22. The molecule has 0 aromatic heterocycles. The summed E-state index contributed by atoms with van der Waals surface area (Å²) < 4.78 is 0. The van der Waals surface area contributed by atoms with Gasteiger partial charge in [-0.25, -0.2) is 0 Å². The molecule has 0 atom stereocenters. The van der Waals surface area contributed by atoms with E-state index in [2.05, 4.69) is 31.4 Å². The van der Waals surface area contributed by atoms with E-state index >= 15 is 0 Å². The molecule has 0 radical (unpaired) electrons. The molecule has 3 heteroatoms. The lowest BCUT2D eigenvalue weighted by Crippen LogP contribution is -2.43. The highest BCUT2D eigenvalue weighted by Gasteiger charge is 2.14. The Morgan fingerprint density at radius 2 is 1.81 bits per heavy atom. The summed E-state index contributed by atoms with van der Waals surface area (Å²) in [6, 6.07) is 0.614. The molecule has 0 unspecified atom stereocenters. The quantitative estimate of drug-likeness (QED) is 0.743. The van der Waals surface area contributed by atoms with Crippen LogP contribution >= 0.6 is 12.2 Å². The third kappa shape index (κ3) is 6.31. The molecule has 1 saturated carbocycles. The summed E-state index contributed by atoms with van der Waals surface area (Å²) in [5, 5.41) is 7.58. The highest BCUT2D eigenvalue weighted by atomic mass is 32.1. The van der Waals surface area contributed by atoms with E-state index in [0.717, 1.165) is 18.1 Å². The summed E-state index contributed by atoms with van der Waals surface area (Å²) in [6.07, 6.45) is 7.80. The molecule has 1 aliphatic rings. The Morgan fingerprint density at radius 1 is 1.19 bits per heavy atom. The first-order valence-electron chi connectivity index (χ1n) is 6.52. The Bertz CT molecular complexity index is 214. The number of thiocarbonyl (C=S) groups is 1. The highest BCUT2D eigenvalue weighted by Crippen LogP contribution is 2.18. The zero-order chi connectivity index (χ0) is 12.0. The molecule has 1 rings (SSSR count). The van der Waals surface area contributed by atoms with Crippen LogP contribution in [0.25, 0.3) is 0 Å². The number of hydrogen-bond acceptors (Lipinski definition) is 1. The lowest BCUT2D eigenvalue weighted by molar-refractivity contribution is 0.375. The first-order valence-corrected chi connectivity index (χ1v) is 6.92. The van der Waals surface area contributed by atoms with Gasteiger partial charge in [-0.15, -0.1) is 0 Å². The maximum Gasteiger partial charge on any atom is 0.166 e. The van der Waals surface area contributed by atoms with Gasteiger partial charge in [0.1, 0.15) is 0 Å². The summed E-state index contributed by atoms with van der Waals surface area (Å²) in [4.78, 5) is 0. The number of rotatable bonds is 3. The Morgan fingerprint density at radius 3 is 2.38 bits per heavy atom. The van der Waals surface area contributed by atoms with Crippen LogP contribution in [0.4, 0.5) is 0 Å². The third-order valence-electron chi connectivity index (χ3n) is 3.10. The van der Waals surface area contributed by atoms with Gasteiger partial charge in [0.2, 0.25) is 0 Å². The van der Waals surface area contributed by atoms with E-state index in [1.54, 1.807) is 0 Å². The van der Waals surface area contributed by atoms with Crippen molar-refractivity contribution in [2.24, 2.45) is 5.41 Å². The molecule has 0 aliphatic heterocycles. The molecular weight excluding hydrogens is 216 g/mol. The summed E-state index contributed by atoms with van der Waals surface area (Å²) in [5.41, 5.74) is 0.382. The zero-order valence-corrected chi connectivity index (χ0v) is 11.8. The molecule has 2 N–H and O–H groups in total. The van der Waals surface area contributed by atoms with Crippen LogP contribution in [-0.4, -0.2) is 17.7 Å². The van der Waals surface area contributed by atoms with Gasteiger partial charge in [0.25, 0.3) is 0 Å². The van der Waals surface area contributed by atoms with Gasteiger partial charge in [0.15, 0.2) is 5.11 Å². The molecule has 2 nitrogen and oxygen atoms in total. The average molecular weight is 242 g/mol. The second kappa shape index (κ2) is 6.43. The first kappa shape index (κ1) is 13.8. The highest BCUT2D eigenvalue weighted by molar-refractivity contribution is 7.80. The minimum absolute atomic E-state index is 0.382. The van der Waals surface area contributed by atoms with Crippen molar-refractivity contribution in [3.63, 3.8) is 0 Å². The van der Waals surface area contributed by atoms with Crippen molar-refractivity contribution in [2.75, 3.05) is 6.54 Å². The minimum Gasteiger partial charge on any atom is -0.363 e. The Hall–Kier alpha value is -0.310. The average Bonchev–Trinajstić information content (AvgIpc) is 2.17. The molecule has 0 heterocycles. The molecule has 1 fully saturated rings. The number of nitrogens with one attached hydrogen (secondary N) is 2. The SMILES string of the molecule is CC(C)(C)CCNC(=S)NC1CCCCC1. The molecule has 0 bridgehead atoms. The first-order chi connectivity index (χ1) is 7.47. The van der Waals surface area contributed by atoms with Gasteiger partial charge in [-0.1, -0.05) is 40.0 Å². The summed E-state index contributed by atoms with van der Waals surface area (Å²) in [6.45, 7) is 7.74. The van der Waals surface area contributed by atoms with E-state index in [1.807, 2.05) is 0 Å². The van der Waals surface area contributed by atoms with Crippen molar-refractivity contribution in [3.8, 4) is 0 Å². The van der Waals surface area contributed by atoms with E-state index in [0.29, 0.717) is 11.5 Å². The molecular formula is C13H26N2S. The van der Waals surface area contributed by atoms with Crippen LogP contribution in [0.2, 0.25) is 0 Å². The van der Waals surface area contributed by atoms with Gasteiger partial charge >= 0.3 is 0 Å². The fourth-order valence-electron chi connectivity index (χ4n) is 2.03. The summed E-state index contributed by atoms with van der Waals surface area (Å²) in [7, 11) is 0. The van der Waals surface area contributed by atoms with Crippen molar-refractivity contribution < 1.29 is 0 Å². The van der Waals surface area contributed by atoms with Gasteiger partial charge in [-0.3, -0.25) is 0 Å².